The number of aliphatic imine (C=N–C) groups is 1. The fourth-order valence-electron chi connectivity index (χ4n) is 2.25. The first kappa shape index (κ1) is 24.9. The number of rotatable bonds is 8. The van der Waals surface area contributed by atoms with Crippen molar-refractivity contribution in [2.75, 3.05) is 26.2 Å². The molecule has 0 bridgehead atoms. The second-order valence-electron chi connectivity index (χ2n) is 5.63. The molecule has 0 unspecified atom stereocenters. The smallest absolute Gasteiger partial charge is 0.872 e. The van der Waals surface area contributed by atoms with Gasteiger partial charge in [0.1, 0.15) is 0 Å². The van der Waals surface area contributed by atoms with Gasteiger partial charge < -0.3 is 19.9 Å². The SMILES string of the molecule is CCN(CC)CCN=Cc1ccccc1[O-].O=C([O-])Cc1ccccc1.[Cu+2]. The molecule has 0 fully saturated rings. The number of hydrogen-bond acceptors (Lipinski definition) is 5. The number of likely N-dealkylation sites (N-methyl/N-ethyl adjacent to an activating group) is 1. The van der Waals surface area contributed by atoms with E-state index < -0.39 is 5.97 Å². The van der Waals surface area contributed by atoms with E-state index in [0.29, 0.717) is 5.56 Å². The Morgan fingerprint density at radius 2 is 1.63 bits per heavy atom. The maximum Gasteiger partial charge on any atom is 2.00 e. The Balaban J connectivity index is 0.000000531. The summed E-state index contributed by atoms with van der Waals surface area (Å²) in [6.45, 7) is 8.06. The van der Waals surface area contributed by atoms with Crippen LogP contribution < -0.4 is 10.2 Å². The molecule has 0 aromatic heterocycles. The van der Waals surface area contributed by atoms with E-state index in [2.05, 4.69) is 23.7 Å². The molecule has 2 aromatic carbocycles. The molecular weight excluding hydrogens is 392 g/mol. The number of para-hydroxylation sites is 1. The van der Waals surface area contributed by atoms with E-state index in [9.17, 15) is 15.0 Å². The normalized spacial score (nSPS) is 10.2. The van der Waals surface area contributed by atoms with E-state index in [4.69, 9.17) is 0 Å². The van der Waals surface area contributed by atoms with Gasteiger partial charge in [-0.1, -0.05) is 68.4 Å². The molecule has 5 nitrogen and oxygen atoms in total. The predicted octanol–water partition coefficient (Wildman–Crippen LogP) is 1.50. The minimum absolute atomic E-state index is 0. The summed E-state index contributed by atoms with van der Waals surface area (Å²) in [6, 6.07) is 15.9. The van der Waals surface area contributed by atoms with Crippen molar-refractivity contribution in [2.45, 2.75) is 20.3 Å². The van der Waals surface area contributed by atoms with Gasteiger partial charge in [0.25, 0.3) is 0 Å². The topological polar surface area (TPSA) is 78.8 Å². The standard InChI is InChI=1S/C13H20N2O.C8H8O2.Cu/c1-3-15(4-2)10-9-14-11-12-7-5-6-8-13(12)16;9-8(10)6-7-4-2-1-3-5-7;/h5-8,11,16H,3-4,9-10H2,1-2H3;1-5H,6H2,(H,9,10);/q;;+2/p-2. The molecule has 0 saturated heterocycles. The van der Waals surface area contributed by atoms with Gasteiger partial charge in [-0.25, -0.2) is 0 Å². The Kier molecular flexibility index (Phi) is 13.8. The zero-order chi connectivity index (χ0) is 19.2. The van der Waals surface area contributed by atoms with Gasteiger partial charge >= 0.3 is 17.1 Å². The van der Waals surface area contributed by atoms with Crippen LogP contribution in [-0.4, -0.2) is 43.3 Å². The summed E-state index contributed by atoms with van der Waals surface area (Å²) in [7, 11) is 0. The third kappa shape index (κ3) is 11.2. The van der Waals surface area contributed by atoms with Gasteiger partial charge in [0, 0.05) is 25.1 Å². The average molecular weight is 418 g/mol. The van der Waals surface area contributed by atoms with Crippen molar-refractivity contribution in [3.63, 3.8) is 0 Å². The minimum atomic E-state index is -1.04. The van der Waals surface area contributed by atoms with Crippen LogP contribution in [0.3, 0.4) is 0 Å². The quantitative estimate of drug-likeness (QED) is 0.481. The van der Waals surface area contributed by atoms with Crippen molar-refractivity contribution in [1.29, 1.82) is 0 Å². The van der Waals surface area contributed by atoms with Crippen molar-refractivity contribution in [1.82, 2.24) is 4.90 Å². The van der Waals surface area contributed by atoms with E-state index in [1.165, 1.54) is 0 Å². The third-order valence-corrected chi connectivity index (χ3v) is 3.78. The monoisotopic (exact) mass is 417 g/mol. The van der Waals surface area contributed by atoms with Crippen LogP contribution in [0.2, 0.25) is 0 Å². The molecule has 0 N–H and O–H groups in total. The van der Waals surface area contributed by atoms with E-state index in [1.54, 1.807) is 48.7 Å². The Hall–Kier alpha value is -2.14. The van der Waals surface area contributed by atoms with Gasteiger partial charge in [-0.05, 0) is 24.2 Å². The Morgan fingerprint density at radius 1 is 1.04 bits per heavy atom. The maximum atomic E-state index is 11.4. The van der Waals surface area contributed by atoms with E-state index >= 15 is 0 Å². The largest absolute Gasteiger partial charge is 2.00 e. The summed E-state index contributed by atoms with van der Waals surface area (Å²) in [4.78, 5) is 16.6. The van der Waals surface area contributed by atoms with Gasteiger partial charge in [0.2, 0.25) is 0 Å². The Morgan fingerprint density at radius 3 is 2.19 bits per heavy atom. The average Bonchev–Trinajstić information content (AvgIpc) is 2.64. The molecule has 0 aliphatic rings. The van der Waals surface area contributed by atoms with Gasteiger partial charge in [-0.15, -0.1) is 5.75 Å². The predicted molar refractivity (Wildman–Crippen MR) is 101 cm³/mol. The van der Waals surface area contributed by atoms with Crippen LogP contribution in [0, 0.1) is 0 Å². The number of hydrogen-bond donors (Lipinski definition) is 0. The fraction of sp³-hybridized carbons (Fsp3) is 0.333. The summed E-state index contributed by atoms with van der Waals surface area (Å²) in [5.41, 5.74) is 1.45. The molecule has 0 spiro atoms. The first-order valence-corrected chi connectivity index (χ1v) is 8.78. The molecule has 0 heterocycles. The molecule has 149 valence electrons. The van der Waals surface area contributed by atoms with Gasteiger partial charge in [0.15, 0.2) is 0 Å². The molecule has 2 aromatic rings. The number of carbonyl (C=O) groups is 1. The summed E-state index contributed by atoms with van der Waals surface area (Å²) in [6.07, 6.45) is 1.67. The molecule has 6 heteroatoms. The number of benzene rings is 2. The molecule has 0 aliphatic carbocycles. The zero-order valence-corrected chi connectivity index (χ0v) is 16.7. The van der Waals surface area contributed by atoms with Crippen LogP contribution in [0.5, 0.6) is 5.75 Å². The van der Waals surface area contributed by atoms with Gasteiger partial charge in [-0.3, -0.25) is 4.99 Å². The Labute approximate surface area is 172 Å². The van der Waals surface area contributed by atoms with Crippen molar-refractivity contribution in [2.24, 2.45) is 4.99 Å². The van der Waals surface area contributed by atoms with Crippen LogP contribution in [0.15, 0.2) is 59.6 Å². The van der Waals surface area contributed by atoms with Gasteiger partial charge in [0.05, 0.1) is 6.54 Å². The van der Waals surface area contributed by atoms with Crippen molar-refractivity contribution >= 4 is 12.2 Å². The van der Waals surface area contributed by atoms with Crippen LogP contribution in [0.1, 0.15) is 25.0 Å². The number of aliphatic carboxylic acids is 1. The minimum Gasteiger partial charge on any atom is -0.872 e. The van der Waals surface area contributed by atoms with Crippen molar-refractivity contribution in [3.05, 3.63) is 65.7 Å². The van der Waals surface area contributed by atoms with E-state index in [-0.39, 0.29) is 29.2 Å². The number of nitrogens with zero attached hydrogens (tertiary/aromatic N) is 2. The van der Waals surface area contributed by atoms with Crippen LogP contribution >= 0.6 is 0 Å². The Bertz CT molecular complexity index is 674. The maximum absolute atomic E-state index is 11.4. The second-order valence-corrected chi connectivity index (χ2v) is 5.63. The summed E-state index contributed by atoms with van der Waals surface area (Å²) in [5, 5.41) is 21.4. The fourth-order valence-corrected chi connectivity index (χ4v) is 2.25. The summed E-state index contributed by atoms with van der Waals surface area (Å²) >= 11 is 0. The number of carbonyl (C=O) groups excluding carboxylic acids is 1. The molecular formula is C21H26CuN2O3. The summed E-state index contributed by atoms with van der Waals surface area (Å²) < 4.78 is 0. The third-order valence-electron chi connectivity index (χ3n) is 3.78. The van der Waals surface area contributed by atoms with E-state index in [0.717, 1.165) is 31.7 Å². The molecule has 1 radical (unpaired) electrons. The number of carboxylic acid groups (broad SMARTS) is 1. The summed E-state index contributed by atoms with van der Waals surface area (Å²) in [5.74, 6) is -1.000. The molecule has 0 aliphatic heterocycles. The number of carboxylic acids is 1. The first-order valence-electron chi connectivity index (χ1n) is 8.78. The van der Waals surface area contributed by atoms with Gasteiger partial charge in [-0.2, -0.15) is 0 Å². The van der Waals surface area contributed by atoms with Crippen molar-refractivity contribution in [3.8, 4) is 5.75 Å². The van der Waals surface area contributed by atoms with Crippen LogP contribution in [-0.2, 0) is 28.3 Å². The zero-order valence-electron chi connectivity index (χ0n) is 15.7. The molecule has 27 heavy (non-hydrogen) atoms. The molecule has 0 atom stereocenters. The first-order chi connectivity index (χ1) is 12.6. The van der Waals surface area contributed by atoms with Crippen molar-refractivity contribution < 1.29 is 32.1 Å². The molecule has 0 amide bonds. The molecule has 2 rings (SSSR count). The van der Waals surface area contributed by atoms with Crippen LogP contribution in [0.4, 0.5) is 0 Å². The molecule has 0 saturated carbocycles. The van der Waals surface area contributed by atoms with E-state index in [1.807, 2.05) is 12.1 Å². The second kappa shape index (κ2) is 15.0. The van der Waals surface area contributed by atoms with Crippen LogP contribution in [0.25, 0.3) is 0 Å².